The van der Waals surface area contributed by atoms with Gasteiger partial charge in [-0.2, -0.15) is 0 Å². The standard InChI is InChI=1S/C19H18FN3O/c20-15-6-2-1-5-14(15)19(24)23-11-9-13(10-12-23)18-21-16-7-3-4-8-17(16)22-18/h1-8,13H,9-12H2,(H,21,22). The summed E-state index contributed by atoms with van der Waals surface area (Å²) in [7, 11) is 0. The first-order valence-corrected chi connectivity index (χ1v) is 8.21. The summed E-state index contributed by atoms with van der Waals surface area (Å²) >= 11 is 0. The lowest BCUT2D eigenvalue weighted by atomic mass is 9.95. The highest BCUT2D eigenvalue weighted by molar-refractivity contribution is 5.94. The highest BCUT2D eigenvalue weighted by atomic mass is 19.1. The van der Waals surface area contributed by atoms with Crippen molar-refractivity contribution in [1.82, 2.24) is 14.9 Å². The van der Waals surface area contributed by atoms with Crippen LogP contribution in [0.4, 0.5) is 4.39 Å². The van der Waals surface area contributed by atoms with E-state index in [4.69, 9.17) is 0 Å². The summed E-state index contributed by atoms with van der Waals surface area (Å²) in [5.41, 5.74) is 2.16. The van der Waals surface area contributed by atoms with Crippen molar-refractivity contribution in [2.75, 3.05) is 13.1 Å². The van der Waals surface area contributed by atoms with Crippen molar-refractivity contribution in [3.63, 3.8) is 0 Å². The van der Waals surface area contributed by atoms with Crippen LogP contribution < -0.4 is 0 Å². The number of benzene rings is 2. The number of nitrogens with zero attached hydrogens (tertiary/aromatic N) is 2. The second-order valence-electron chi connectivity index (χ2n) is 6.19. The molecule has 1 aliphatic heterocycles. The van der Waals surface area contributed by atoms with Gasteiger partial charge in [0.2, 0.25) is 0 Å². The van der Waals surface area contributed by atoms with E-state index in [1.54, 1.807) is 23.1 Å². The number of hydrogen-bond donors (Lipinski definition) is 1. The van der Waals surface area contributed by atoms with Gasteiger partial charge in [-0.1, -0.05) is 24.3 Å². The molecule has 1 amide bonds. The summed E-state index contributed by atoms with van der Waals surface area (Å²) in [6.07, 6.45) is 1.67. The first-order chi connectivity index (χ1) is 11.7. The average molecular weight is 323 g/mol. The number of imidazole rings is 1. The predicted molar refractivity (Wildman–Crippen MR) is 90.4 cm³/mol. The second kappa shape index (κ2) is 6.07. The Labute approximate surface area is 139 Å². The van der Waals surface area contributed by atoms with Gasteiger partial charge in [-0.15, -0.1) is 0 Å². The quantitative estimate of drug-likeness (QED) is 0.781. The van der Waals surface area contributed by atoms with Crippen LogP contribution in [-0.4, -0.2) is 33.9 Å². The summed E-state index contributed by atoms with van der Waals surface area (Å²) in [6.45, 7) is 1.24. The lowest BCUT2D eigenvalue weighted by Crippen LogP contribution is -2.38. The molecule has 1 fully saturated rings. The number of aromatic nitrogens is 2. The van der Waals surface area contributed by atoms with Crippen LogP contribution in [-0.2, 0) is 0 Å². The number of aromatic amines is 1. The number of likely N-dealkylation sites (tertiary alicyclic amines) is 1. The number of carbonyl (C=O) groups is 1. The maximum atomic E-state index is 13.8. The summed E-state index contributed by atoms with van der Waals surface area (Å²) in [4.78, 5) is 22.2. The summed E-state index contributed by atoms with van der Waals surface area (Å²) < 4.78 is 13.8. The van der Waals surface area contributed by atoms with Crippen LogP contribution in [0.25, 0.3) is 11.0 Å². The highest BCUT2D eigenvalue weighted by Crippen LogP contribution is 2.28. The molecule has 4 nitrogen and oxygen atoms in total. The van der Waals surface area contributed by atoms with E-state index in [1.165, 1.54) is 6.07 Å². The van der Waals surface area contributed by atoms with E-state index < -0.39 is 5.82 Å². The lowest BCUT2D eigenvalue weighted by molar-refractivity contribution is 0.0706. The summed E-state index contributed by atoms with van der Waals surface area (Å²) in [6, 6.07) is 14.1. The van der Waals surface area contributed by atoms with Crippen molar-refractivity contribution in [3.8, 4) is 0 Å². The van der Waals surface area contributed by atoms with Gasteiger partial charge in [0.25, 0.3) is 5.91 Å². The number of nitrogens with one attached hydrogen (secondary N) is 1. The third-order valence-electron chi connectivity index (χ3n) is 4.68. The zero-order valence-electron chi connectivity index (χ0n) is 13.2. The number of carbonyl (C=O) groups excluding carboxylic acids is 1. The Morgan fingerprint density at radius 1 is 1.08 bits per heavy atom. The number of rotatable bonds is 2. The fourth-order valence-corrected chi connectivity index (χ4v) is 3.33. The molecule has 0 unspecified atom stereocenters. The Balaban J connectivity index is 1.47. The van der Waals surface area contributed by atoms with Crippen molar-refractivity contribution < 1.29 is 9.18 Å². The van der Waals surface area contributed by atoms with E-state index in [2.05, 4.69) is 9.97 Å². The Morgan fingerprint density at radius 3 is 2.54 bits per heavy atom. The molecule has 0 radical (unpaired) electrons. The number of amides is 1. The molecule has 2 heterocycles. The first kappa shape index (κ1) is 14.9. The maximum absolute atomic E-state index is 13.8. The van der Waals surface area contributed by atoms with E-state index in [1.807, 2.05) is 24.3 Å². The van der Waals surface area contributed by atoms with Crippen LogP contribution >= 0.6 is 0 Å². The van der Waals surface area contributed by atoms with Crippen LogP contribution in [0.5, 0.6) is 0 Å². The minimum absolute atomic E-state index is 0.152. The largest absolute Gasteiger partial charge is 0.342 e. The topological polar surface area (TPSA) is 49.0 Å². The van der Waals surface area contributed by atoms with Crippen molar-refractivity contribution >= 4 is 16.9 Å². The molecule has 0 atom stereocenters. The van der Waals surface area contributed by atoms with E-state index >= 15 is 0 Å². The first-order valence-electron chi connectivity index (χ1n) is 8.21. The van der Waals surface area contributed by atoms with E-state index in [0.717, 1.165) is 29.7 Å². The van der Waals surface area contributed by atoms with Crippen molar-refractivity contribution in [3.05, 3.63) is 65.7 Å². The zero-order valence-corrected chi connectivity index (χ0v) is 13.2. The summed E-state index contributed by atoms with van der Waals surface area (Å²) in [5.74, 6) is 0.606. The maximum Gasteiger partial charge on any atom is 0.256 e. The van der Waals surface area contributed by atoms with Gasteiger partial charge in [0.1, 0.15) is 11.6 Å². The van der Waals surface area contributed by atoms with Gasteiger partial charge in [0.15, 0.2) is 0 Å². The normalized spacial score (nSPS) is 15.8. The predicted octanol–water partition coefficient (Wildman–Crippen LogP) is 3.72. The molecule has 3 aromatic rings. The van der Waals surface area contributed by atoms with Gasteiger partial charge >= 0.3 is 0 Å². The number of para-hydroxylation sites is 2. The third-order valence-corrected chi connectivity index (χ3v) is 4.68. The minimum Gasteiger partial charge on any atom is -0.342 e. The Bertz CT molecular complexity index is 848. The molecule has 122 valence electrons. The number of hydrogen-bond acceptors (Lipinski definition) is 2. The molecule has 24 heavy (non-hydrogen) atoms. The molecule has 1 N–H and O–H groups in total. The molecule has 4 rings (SSSR count). The molecule has 2 aromatic carbocycles. The molecule has 1 aromatic heterocycles. The SMILES string of the molecule is O=C(c1ccccc1F)N1CCC(c2nc3ccccc3[nH]2)CC1. The minimum atomic E-state index is -0.457. The number of H-pyrrole nitrogens is 1. The fourth-order valence-electron chi connectivity index (χ4n) is 3.33. The number of piperidine rings is 1. The van der Waals surface area contributed by atoms with E-state index in [0.29, 0.717) is 19.0 Å². The van der Waals surface area contributed by atoms with Gasteiger partial charge in [-0.25, -0.2) is 9.37 Å². The van der Waals surface area contributed by atoms with Crippen LogP contribution in [0.2, 0.25) is 0 Å². The van der Waals surface area contributed by atoms with Gasteiger partial charge < -0.3 is 9.88 Å². The van der Waals surface area contributed by atoms with Crippen molar-refractivity contribution in [2.45, 2.75) is 18.8 Å². The van der Waals surface area contributed by atoms with Crippen molar-refractivity contribution in [1.29, 1.82) is 0 Å². The van der Waals surface area contributed by atoms with Crippen LogP contribution in [0.15, 0.2) is 48.5 Å². The number of fused-ring (bicyclic) bond motifs is 1. The number of halogens is 1. The van der Waals surface area contributed by atoms with Crippen LogP contribution in [0, 0.1) is 5.82 Å². The van der Waals surface area contributed by atoms with E-state index in [-0.39, 0.29) is 11.5 Å². The van der Waals surface area contributed by atoms with Crippen molar-refractivity contribution in [2.24, 2.45) is 0 Å². The molecule has 0 spiro atoms. The lowest BCUT2D eigenvalue weighted by Gasteiger charge is -2.31. The smallest absolute Gasteiger partial charge is 0.256 e. The monoisotopic (exact) mass is 323 g/mol. The van der Waals surface area contributed by atoms with Gasteiger partial charge in [-0.05, 0) is 37.1 Å². The van der Waals surface area contributed by atoms with Gasteiger partial charge in [-0.3, -0.25) is 4.79 Å². The molecule has 0 bridgehead atoms. The molecule has 0 aliphatic carbocycles. The summed E-state index contributed by atoms with van der Waals surface area (Å²) in [5, 5.41) is 0. The van der Waals surface area contributed by atoms with E-state index in [9.17, 15) is 9.18 Å². The van der Waals surface area contributed by atoms with Gasteiger partial charge in [0.05, 0.1) is 16.6 Å². The Morgan fingerprint density at radius 2 is 1.79 bits per heavy atom. The molecule has 1 saturated heterocycles. The average Bonchev–Trinajstić information content (AvgIpc) is 3.06. The fraction of sp³-hybridized carbons (Fsp3) is 0.263. The highest BCUT2D eigenvalue weighted by Gasteiger charge is 2.27. The molecular formula is C19H18FN3O. The van der Waals surface area contributed by atoms with Gasteiger partial charge in [0, 0.05) is 19.0 Å². The van der Waals surface area contributed by atoms with Crippen LogP contribution in [0.3, 0.4) is 0 Å². The Hall–Kier alpha value is -2.69. The second-order valence-corrected chi connectivity index (χ2v) is 6.19. The Kier molecular flexibility index (Phi) is 3.76. The molecule has 5 heteroatoms. The zero-order chi connectivity index (χ0) is 16.5. The van der Waals surface area contributed by atoms with Crippen LogP contribution in [0.1, 0.15) is 34.9 Å². The molecule has 1 aliphatic rings. The third kappa shape index (κ3) is 2.66. The molecule has 0 saturated carbocycles. The molecular weight excluding hydrogens is 305 g/mol.